The zero-order chi connectivity index (χ0) is 15.5. The van der Waals surface area contributed by atoms with Gasteiger partial charge in [0.25, 0.3) is 5.91 Å². The Morgan fingerprint density at radius 1 is 1.23 bits per heavy atom. The van der Waals surface area contributed by atoms with Crippen molar-refractivity contribution in [3.8, 4) is 0 Å². The lowest BCUT2D eigenvalue weighted by molar-refractivity contribution is 0.0600. The van der Waals surface area contributed by atoms with Crippen molar-refractivity contribution in [3.63, 3.8) is 0 Å². The lowest BCUT2D eigenvalue weighted by atomic mass is 10.2. The summed E-state index contributed by atoms with van der Waals surface area (Å²) in [6.07, 6.45) is 4.71. The predicted molar refractivity (Wildman–Crippen MR) is 76.5 cm³/mol. The number of fused-ring (bicyclic) bond motifs is 1. The van der Waals surface area contributed by atoms with Crippen molar-refractivity contribution in [2.45, 2.75) is 0 Å². The first-order valence-corrected chi connectivity index (χ1v) is 6.33. The quantitative estimate of drug-likeness (QED) is 0.728. The third-order valence-corrected chi connectivity index (χ3v) is 2.89. The number of carbonyl (C=O) groups excluding carboxylic acids is 2. The van der Waals surface area contributed by atoms with E-state index in [1.54, 1.807) is 24.5 Å². The van der Waals surface area contributed by atoms with Crippen LogP contribution >= 0.6 is 0 Å². The van der Waals surface area contributed by atoms with Gasteiger partial charge >= 0.3 is 5.97 Å². The summed E-state index contributed by atoms with van der Waals surface area (Å²) < 4.78 is 6.11. The van der Waals surface area contributed by atoms with E-state index in [1.165, 1.54) is 30.0 Å². The molecule has 1 amide bonds. The van der Waals surface area contributed by atoms with Gasteiger partial charge in [-0.2, -0.15) is 5.10 Å². The lowest BCUT2D eigenvalue weighted by Gasteiger charge is -2.04. The number of methoxy groups -OCH3 is 1. The van der Waals surface area contributed by atoms with E-state index in [-0.39, 0.29) is 11.5 Å². The van der Waals surface area contributed by atoms with Crippen molar-refractivity contribution < 1.29 is 14.3 Å². The van der Waals surface area contributed by atoms with Gasteiger partial charge in [-0.1, -0.05) is 0 Å². The van der Waals surface area contributed by atoms with Gasteiger partial charge in [0.1, 0.15) is 5.82 Å². The minimum absolute atomic E-state index is 0.198. The van der Waals surface area contributed by atoms with Crippen molar-refractivity contribution in [3.05, 3.63) is 54.1 Å². The van der Waals surface area contributed by atoms with Crippen LogP contribution in [0.3, 0.4) is 0 Å². The van der Waals surface area contributed by atoms with Crippen LogP contribution in [0.4, 0.5) is 5.82 Å². The Labute approximate surface area is 124 Å². The number of ether oxygens (including phenoxy) is 1. The molecule has 0 bridgehead atoms. The Hall–Kier alpha value is -3.29. The smallest absolute Gasteiger partial charge is 0.338 e. The summed E-state index contributed by atoms with van der Waals surface area (Å²) in [5.74, 6) is -0.715. The molecule has 0 saturated carbocycles. The fraction of sp³-hybridized carbons (Fsp3) is 0.0714. The van der Waals surface area contributed by atoms with Gasteiger partial charge in [0.15, 0.2) is 11.3 Å². The molecule has 0 unspecified atom stereocenters. The summed E-state index contributed by atoms with van der Waals surface area (Å²) in [7, 11) is 1.28. The van der Waals surface area contributed by atoms with Gasteiger partial charge in [0, 0.05) is 24.7 Å². The molecular weight excluding hydrogens is 286 g/mol. The topological polar surface area (TPSA) is 98.5 Å². The van der Waals surface area contributed by atoms with Crippen LogP contribution < -0.4 is 5.32 Å². The van der Waals surface area contributed by atoms with E-state index < -0.39 is 11.9 Å². The van der Waals surface area contributed by atoms with Crippen LogP contribution in [-0.2, 0) is 4.74 Å². The molecule has 0 aliphatic heterocycles. The Bertz CT molecular complexity index is 825. The molecule has 3 heterocycles. The summed E-state index contributed by atoms with van der Waals surface area (Å²) in [6.45, 7) is 0. The first kappa shape index (κ1) is 13.7. The molecular formula is C14H11N5O3. The van der Waals surface area contributed by atoms with Gasteiger partial charge in [-0.25, -0.2) is 19.3 Å². The molecule has 3 aromatic rings. The van der Waals surface area contributed by atoms with Crippen molar-refractivity contribution in [1.82, 2.24) is 19.6 Å². The minimum atomic E-state index is -0.505. The molecule has 0 saturated heterocycles. The fourth-order valence-corrected chi connectivity index (χ4v) is 1.87. The summed E-state index contributed by atoms with van der Waals surface area (Å²) in [5, 5.41) is 6.68. The maximum absolute atomic E-state index is 12.2. The highest BCUT2D eigenvalue weighted by atomic mass is 16.5. The maximum atomic E-state index is 12.2. The highest BCUT2D eigenvalue weighted by Crippen LogP contribution is 2.10. The molecule has 22 heavy (non-hydrogen) atoms. The van der Waals surface area contributed by atoms with Gasteiger partial charge in [-0.3, -0.25) is 4.79 Å². The van der Waals surface area contributed by atoms with E-state index in [9.17, 15) is 9.59 Å². The zero-order valence-electron chi connectivity index (χ0n) is 11.6. The van der Waals surface area contributed by atoms with Gasteiger partial charge in [0.2, 0.25) is 0 Å². The number of hydrogen-bond acceptors (Lipinski definition) is 6. The highest BCUT2D eigenvalue weighted by Gasteiger charge is 2.13. The number of aromatic nitrogens is 4. The number of nitrogens with one attached hydrogen (secondary N) is 1. The molecule has 1 N–H and O–H groups in total. The number of amides is 1. The highest BCUT2D eigenvalue weighted by molar-refractivity contribution is 6.03. The molecule has 3 rings (SSSR count). The van der Waals surface area contributed by atoms with Crippen LogP contribution in [0.15, 0.2) is 42.9 Å². The second-order valence-corrected chi connectivity index (χ2v) is 4.33. The number of nitrogens with zero attached hydrogens (tertiary/aromatic N) is 4. The number of pyridine rings is 1. The Morgan fingerprint density at radius 2 is 2.09 bits per heavy atom. The summed E-state index contributed by atoms with van der Waals surface area (Å²) in [4.78, 5) is 31.7. The second-order valence-electron chi connectivity index (χ2n) is 4.33. The SMILES string of the molecule is COC(=O)c1ccnc(NC(=O)c2cc3ncccn3n2)c1. The van der Waals surface area contributed by atoms with Gasteiger partial charge in [0.05, 0.1) is 12.7 Å². The number of esters is 1. The van der Waals surface area contributed by atoms with E-state index in [4.69, 9.17) is 0 Å². The third-order valence-electron chi connectivity index (χ3n) is 2.89. The number of carbonyl (C=O) groups is 2. The van der Waals surface area contributed by atoms with E-state index in [2.05, 4.69) is 25.1 Å². The molecule has 0 aliphatic carbocycles. The molecule has 0 fully saturated rings. The van der Waals surface area contributed by atoms with E-state index in [0.29, 0.717) is 11.2 Å². The molecule has 0 aliphatic rings. The molecule has 8 heteroatoms. The normalized spacial score (nSPS) is 10.4. The van der Waals surface area contributed by atoms with Crippen molar-refractivity contribution in [2.75, 3.05) is 12.4 Å². The average Bonchev–Trinajstić information content (AvgIpc) is 2.98. The van der Waals surface area contributed by atoms with E-state index in [0.717, 1.165) is 0 Å². The van der Waals surface area contributed by atoms with E-state index in [1.807, 2.05) is 0 Å². The fourth-order valence-electron chi connectivity index (χ4n) is 1.87. The molecule has 3 aromatic heterocycles. The summed E-state index contributed by atoms with van der Waals surface area (Å²) >= 11 is 0. The number of hydrogen-bond donors (Lipinski definition) is 1. The van der Waals surface area contributed by atoms with Crippen molar-refractivity contribution >= 4 is 23.3 Å². The number of anilines is 1. The predicted octanol–water partition coefficient (Wildman–Crippen LogP) is 1.16. The maximum Gasteiger partial charge on any atom is 0.338 e. The molecule has 0 atom stereocenters. The Balaban J connectivity index is 1.83. The molecule has 0 aromatic carbocycles. The van der Waals surface area contributed by atoms with Crippen LogP contribution in [0, 0.1) is 0 Å². The van der Waals surface area contributed by atoms with Crippen LogP contribution in [0.25, 0.3) is 5.65 Å². The monoisotopic (exact) mass is 297 g/mol. The first-order valence-electron chi connectivity index (χ1n) is 6.33. The van der Waals surface area contributed by atoms with Crippen LogP contribution in [0.5, 0.6) is 0 Å². The van der Waals surface area contributed by atoms with Crippen LogP contribution in [-0.4, -0.2) is 38.6 Å². The van der Waals surface area contributed by atoms with Crippen molar-refractivity contribution in [2.24, 2.45) is 0 Å². The van der Waals surface area contributed by atoms with Gasteiger partial charge in [-0.05, 0) is 18.2 Å². The standard InChI is InChI=1S/C14H11N5O3/c1-22-14(21)9-3-5-15-11(7-9)17-13(20)10-8-12-16-4-2-6-19(12)18-10/h2-8H,1H3,(H,15,17,20). The molecule has 0 spiro atoms. The summed E-state index contributed by atoms with van der Waals surface area (Å²) in [6, 6.07) is 6.19. The largest absolute Gasteiger partial charge is 0.465 e. The van der Waals surface area contributed by atoms with Gasteiger partial charge in [-0.15, -0.1) is 0 Å². The van der Waals surface area contributed by atoms with Crippen LogP contribution in [0.1, 0.15) is 20.8 Å². The van der Waals surface area contributed by atoms with Crippen LogP contribution in [0.2, 0.25) is 0 Å². The Kier molecular flexibility index (Phi) is 3.48. The zero-order valence-corrected chi connectivity index (χ0v) is 11.6. The van der Waals surface area contributed by atoms with Crippen molar-refractivity contribution in [1.29, 1.82) is 0 Å². The van der Waals surface area contributed by atoms with E-state index >= 15 is 0 Å². The molecule has 8 nitrogen and oxygen atoms in total. The summed E-state index contributed by atoms with van der Waals surface area (Å²) in [5.41, 5.74) is 1.05. The first-order chi connectivity index (χ1) is 10.7. The van der Waals surface area contributed by atoms with Gasteiger partial charge < -0.3 is 10.1 Å². The Morgan fingerprint density at radius 3 is 2.86 bits per heavy atom. The lowest BCUT2D eigenvalue weighted by Crippen LogP contribution is -2.14. The number of rotatable bonds is 3. The molecule has 0 radical (unpaired) electrons. The average molecular weight is 297 g/mol. The minimum Gasteiger partial charge on any atom is -0.465 e. The second kappa shape index (κ2) is 5.60. The third kappa shape index (κ3) is 2.62. The molecule has 110 valence electrons.